The number of rotatable bonds is 6. The van der Waals surface area contributed by atoms with Crippen LogP contribution in [0, 0.1) is 5.92 Å². The molecule has 1 atom stereocenters. The van der Waals surface area contributed by atoms with Gasteiger partial charge in [-0.2, -0.15) is 0 Å². The second kappa shape index (κ2) is 5.82. The topological polar surface area (TPSA) is 83.5 Å². The number of nitrogens with one attached hydrogen (secondary N) is 1. The van der Waals surface area contributed by atoms with Crippen molar-refractivity contribution in [1.82, 2.24) is 4.72 Å². The van der Waals surface area contributed by atoms with Crippen LogP contribution in [-0.2, 0) is 14.8 Å². The molecule has 0 aromatic carbocycles. The highest BCUT2D eigenvalue weighted by atomic mass is 32.2. The summed E-state index contributed by atoms with van der Waals surface area (Å²) in [6.45, 7) is 3.75. The number of carboxylic acid groups (broad SMARTS) is 1. The quantitative estimate of drug-likeness (QED) is 0.757. The Labute approximate surface area is 103 Å². The Morgan fingerprint density at radius 2 is 1.88 bits per heavy atom. The minimum Gasteiger partial charge on any atom is -0.480 e. The Balaban J connectivity index is 2.68. The van der Waals surface area contributed by atoms with Crippen molar-refractivity contribution in [2.24, 2.45) is 5.92 Å². The highest BCUT2D eigenvalue weighted by molar-refractivity contribution is 7.90. The van der Waals surface area contributed by atoms with Gasteiger partial charge in [0.25, 0.3) is 0 Å². The van der Waals surface area contributed by atoms with E-state index in [2.05, 4.69) is 4.72 Å². The predicted octanol–water partition coefficient (Wildman–Crippen LogP) is 1.35. The Hall–Kier alpha value is -0.620. The molecular weight excluding hydrogens is 242 g/mol. The summed E-state index contributed by atoms with van der Waals surface area (Å²) in [5.74, 6) is -0.956. The normalized spacial score (nSPS) is 19.7. The van der Waals surface area contributed by atoms with E-state index in [1.807, 2.05) is 13.8 Å². The first-order valence-electron chi connectivity index (χ1n) is 6.07. The van der Waals surface area contributed by atoms with Crippen LogP contribution in [0.2, 0.25) is 0 Å². The number of carbonyl (C=O) groups is 1. The highest BCUT2D eigenvalue weighted by Gasteiger charge is 2.32. The number of sulfonamides is 1. The van der Waals surface area contributed by atoms with E-state index in [1.54, 1.807) is 0 Å². The monoisotopic (exact) mass is 263 g/mol. The summed E-state index contributed by atoms with van der Waals surface area (Å²) in [7, 11) is -3.48. The molecule has 0 aliphatic heterocycles. The van der Waals surface area contributed by atoms with Crippen molar-refractivity contribution in [2.45, 2.75) is 57.2 Å². The molecule has 0 spiro atoms. The highest BCUT2D eigenvalue weighted by Crippen LogP contribution is 2.24. The van der Waals surface area contributed by atoms with Gasteiger partial charge in [-0.25, -0.2) is 13.1 Å². The van der Waals surface area contributed by atoms with Gasteiger partial charge in [-0.05, 0) is 25.2 Å². The summed E-state index contributed by atoms with van der Waals surface area (Å²) in [4.78, 5) is 11.0. The molecule has 0 heterocycles. The lowest BCUT2D eigenvalue weighted by molar-refractivity contribution is -0.139. The third-order valence-electron chi connectivity index (χ3n) is 3.05. The summed E-state index contributed by atoms with van der Waals surface area (Å²) < 4.78 is 26.2. The van der Waals surface area contributed by atoms with E-state index in [0.717, 1.165) is 12.8 Å². The maximum absolute atomic E-state index is 12.0. The van der Waals surface area contributed by atoms with E-state index in [0.29, 0.717) is 19.3 Å². The second-order valence-corrected chi connectivity index (χ2v) is 7.08. The van der Waals surface area contributed by atoms with Gasteiger partial charge in [0, 0.05) is 0 Å². The van der Waals surface area contributed by atoms with Gasteiger partial charge < -0.3 is 5.11 Å². The van der Waals surface area contributed by atoms with E-state index in [9.17, 15) is 13.2 Å². The van der Waals surface area contributed by atoms with Crippen LogP contribution in [-0.4, -0.2) is 30.8 Å². The average molecular weight is 263 g/mol. The maximum atomic E-state index is 12.0. The van der Waals surface area contributed by atoms with Crippen molar-refractivity contribution in [3.8, 4) is 0 Å². The lowest BCUT2D eigenvalue weighted by atomic mass is 10.1. The zero-order chi connectivity index (χ0) is 13.1. The van der Waals surface area contributed by atoms with Gasteiger partial charge in [0.15, 0.2) is 0 Å². The van der Waals surface area contributed by atoms with Gasteiger partial charge in [0.2, 0.25) is 10.0 Å². The smallest absolute Gasteiger partial charge is 0.321 e. The molecule has 0 unspecified atom stereocenters. The SMILES string of the molecule is CC(C)C[C@@H](NS(=O)(=O)C1CCCC1)C(=O)O. The van der Waals surface area contributed by atoms with Crippen LogP contribution in [0.5, 0.6) is 0 Å². The van der Waals surface area contributed by atoms with Crippen molar-refractivity contribution in [1.29, 1.82) is 0 Å². The molecule has 0 bridgehead atoms. The van der Waals surface area contributed by atoms with Crippen LogP contribution in [0.1, 0.15) is 46.0 Å². The molecule has 1 saturated carbocycles. The van der Waals surface area contributed by atoms with Crippen LogP contribution >= 0.6 is 0 Å². The van der Waals surface area contributed by atoms with Gasteiger partial charge >= 0.3 is 5.97 Å². The van der Waals surface area contributed by atoms with E-state index < -0.39 is 27.3 Å². The molecule has 1 aliphatic carbocycles. The number of hydrogen-bond acceptors (Lipinski definition) is 3. The molecule has 2 N–H and O–H groups in total. The fourth-order valence-corrected chi connectivity index (χ4v) is 3.90. The molecular formula is C11H21NO4S. The third kappa shape index (κ3) is 4.27. The minimum atomic E-state index is -3.48. The van der Waals surface area contributed by atoms with Crippen LogP contribution < -0.4 is 4.72 Å². The zero-order valence-electron chi connectivity index (χ0n) is 10.3. The Kier molecular flexibility index (Phi) is 4.94. The number of carboxylic acids is 1. The van der Waals surface area contributed by atoms with Crippen molar-refractivity contribution in [3.05, 3.63) is 0 Å². The first kappa shape index (κ1) is 14.4. The first-order valence-corrected chi connectivity index (χ1v) is 7.61. The maximum Gasteiger partial charge on any atom is 0.321 e. The molecule has 17 heavy (non-hydrogen) atoms. The standard InChI is InChI=1S/C11H21NO4S/c1-8(2)7-10(11(13)14)12-17(15,16)9-5-3-4-6-9/h8-10,12H,3-7H2,1-2H3,(H,13,14)/t10-/m1/s1. The average Bonchev–Trinajstić information content (AvgIpc) is 2.68. The molecule has 0 aromatic rings. The summed E-state index contributed by atoms with van der Waals surface area (Å²) in [5.41, 5.74) is 0. The van der Waals surface area contributed by atoms with Gasteiger partial charge in [0.1, 0.15) is 6.04 Å². The Morgan fingerprint density at radius 1 is 1.35 bits per heavy atom. The van der Waals surface area contributed by atoms with E-state index >= 15 is 0 Å². The van der Waals surface area contributed by atoms with Gasteiger partial charge in [-0.15, -0.1) is 0 Å². The summed E-state index contributed by atoms with van der Waals surface area (Å²) in [6.07, 6.45) is 3.43. The fraction of sp³-hybridized carbons (Fsp3) is 0.909. The summed E-state index contributed by atoms with van der Waals surface area (Å²) in [5, 5.41) is 8.60. The van der Waals surface area contributed by atoms with Gasteiger partial charge in [-0.3, -0.25) is 4.79 Å². The Morgan fingerprint density at radius 3 is 2.29 bits per heavy atom. The molecule has 6 heteroatoms. The molecule has 5 nitrogen and oxygen atoms in total. The summed E-state index contributed by atoms with van der Waals surface area (Å²) >= 11 is 0. The third-order valence-corrected chi connectivity index (χ3v) is 5.01. The predicted molar refractivity (Wildman–Crippen MR) is 65.2 cm³/mol. The first-order chi connectivity index (χ1) is 7.83. The lowest BCUT2D eigenvalue weighted by Crippen LogP contribution is -2.45. The number of aliphatic carboxylic acids is 1. The largest absolute Gasteiger partial charge is 0.480 e. The van der Waals surface area contributed by atoms with E-state index in [-0.39, 0.29) is 5.92 Å². The molecule has 1 fully saturated rings. The molecule has 0 amide bonds. The molecule has 1 rings (SSSR count). The Bertz CT molecular complexity index is 358. The molecule has 100 valence electrons. The molecule has 0 aromatic heterocycles. The zero-order valence-corrected chi connectivity index (χ0v) is 11.2. The fourth-order valence-electron chi connectivity index (χ4n) is 2.16. The van der Waals surface area contributed by atoms with E-state index in [4.69, 9.17) is 5.11 Å². The van der Waals surface area contributed by atoms with E-state index in [1.165, 1.54) is 0 Å². The molecule has 0 radical (unpaired) electrons. The van der Waals surface area contributed by atoms with Crippen molar-refractivity contribution < 1.29 is 18.3 Å². The number of hydrogen-bond donors (Lipinski definition) is 2. The van der Waals surface area contributed by atoms with Gasteiger partial charge in [0.05, 0.1) is 5.25 Å². The van der Waals surface area contributed by atoms with Crippen molar-refractivity contribution in [2.75, 3.05) is 0 Å². The van der Waals surface area contributed by atoms with Crippen molar-refractivity contribution in [3.63, 3.8) is 0 Å². The van der Waals surface area contributed by atoms with Gasteiger partial charge in [-0.1, -0.05) is 26.7 Å². The van der Waals surface area contributed by atoms with Crippen LogP contribution in [0.3, 0.4) is 0 Å². The second-order valence-electron chi connectivity index (χ2n) is 5.09. The lowest BCUT2D eigenvalue weighted by Gasteiger charge is -2.19. The molecule has 1 aliphatic rings. The van der Waals surface area contributed by atoms with Crippen LogP contribution in [0.4, 0.5) is 0 Å². The minimum absolute atomic E-state index is 0.141. The van der Waals surface area contributed by atoms with Crippen LogP contribution in [0.15, 0.2) is 0 Å². The summed E-state index contributed by atoms with van der Waals surface area (Å²) in [6, 6.07) is -0.999. The molecule has 0 saturated heterocycles. The van der Waals surface area contributed by atoms with Crippen LogP contribution in [0.25, 0.3) is 0 Å². The van der Waals surface area contributed by atoms with Crippen molar-refractivity contribution >= 4 is 16.0 Å².